The normalized spacial score (nSPS) is 12.3. The van der Waals surface area contributed by atoms with Crippen LogP contribution in [0.3, 0.4) is 0 Å². The van der Waals surface area contributed by atoms with Crippen molar-refractivity contribution in [3.63, 3.8) is 0 Å². The largest absolute Gasteiger partial charge is 0.349 e. The fourth-order valence-corrected chi connectivity index (χ4v) is 2.30. The van der Waals surface area contributed by atoms with Crippen molar-refractivity contribution in [3.8, 4) is 0 Å². The van der Waals surface area contributed by atoms with Gasteiger partial charge in [-0.15, -0.1) is 11.6 Å². The van der Waals surface area contributed by atoms with Gasteiger partial charge >= 0.3 is 0 Å². The number of carbonyl (C=O) groups is 1. The van der Waals surface area contributed by atoms with Crippen LogP contribution in [0.2, 0.25) is 0 Å². The molecule has 100 valence electrons. The summed E-state index contributed by atoms with van der Waals surface area (Å²) in [6.07, 6.45) is 3.56. The monoisotopic (exact) mass is 276 g/mol. The smallest absolute Gasteiger partial charge is 0.270 e. The van der Waals surface area contributed by atoms with Gasteiger partial charge in [0.15, 0.2) is 0 Å². The van der Waals surface area contributed by atoms with E-state index in [-0.39, 0.29) is 11.3 Å². The summed E-state index contributed by atoms with van der Waals surface area (Å²) in [6, 6.07) is 9.62. The maximum atomic E-state index is 12.1. The molecule has 0 aliphatic heterocycles. The van der Waals surface area contributed by atoms with E-state index in [1.165, 1.54) is 0 Å². The van der Waals surface area contributed by atoms with Gasteiger partial charge in [-0.05, 0) is 17.9 Å². The minimum Gasteiger partial charge on any atom is -0.349 e. The SMILES string of the molecule is CCCC(Cl)CNC(=O)c1nccc2ccccc12. The average molecular weight is 277 g/mol. The Morgan fingerprint density at radius 3 is 2.95 bits per heavy atom. The van der Waals surface area contributed by atoms with Crippen LogP contribution in [-0.2, 0) is 0 Å². The number of nitrogens with one attached hydrogen (secondary N) is 1. The lowest BCUT2D eigenvalue weighted by atomic mass is 10.1. The summed E-state index contributed by atoms with van der Waals surface area (Å²) in [6.45, 7) is 2.54. The van der Waals surface area contributed by atoms with E-state index in [2.05, 4.69) is 17.2 Å². The van der Waals surface area contributed by atoms with Gasteiger partial charge in [0.1, 0.15) is 5.69 Å². The number of amides is 1. The summed E-state index contributed by atoms with van der Waals surface area (Å²) in [5.41, 5.74) is 0.457. The maximum absolute atomic E-state index is 12.1. The molecule has 1 unspecified atom stereocenters. The fraction of sp³-hybridized carbons (Fsp3) is 0.333. The number of rotatable bonds is 5. The van der Waals surface area contributed by atoms with Crippen LogP contribution in [0.5, 0.6) is 0 Å². The van der Waals surface area contributed by atoms with Crippen LogP contribution >= 0.6 is 11.6 Å². The van der Waals surface area contributed by atoms with E-state index >= 15 is 0 Å². The molecule has 1 N–H and O–H groups in total. The van der Waals surface area contributed by atoms with E-state index in [4.69, 9.17) is 11.6 Å². The third kappa shape index (κ3) is 3.44. The number of nitrogens with zero attached hydrogens (tertiary/aromatic N) is 1. The molecule has 0 radical (unpaired) electrons. The Bertz CT molecular complexity index is 566. The van der Waals surface area contributed by atoms with Gasteiger partial charge in [0.25, 0.3) is 5.91 Å². The number of alkyl halides is 1. The molecule has 1 heterocycles. The van der Waals surface area contributed by atoms with Crippen molar-refractivity contribution < 1.29 is 4.79 Å². The van der Waals surface area contributed by atoms with Crippen molar-refractivity contribution in [2.75, 3.05) is 6.54 Å². The minimum atomic E-state index is -0.168. The van der Waals surface area contributed by atoms with Crippen molar-refractivity contribution in [2.24, 2.45) is 0 Å². The van der Waals surface area contributed by atoms with Crippen molar-refractivity contribution in [1.82, 2.24) is 10.3 Å². The van der Waals surface area contributed by atoms with Crippen molar-refractivity contribution in [3.05, 3.63) is 42.2 Å². The molecule has 1 aromatic carbocycles. The highest BCUT2D eigenvalue weighted by atomic mass is 35.5. The van der Waals surface area contributed by atoms with Crippen LogP contribution in [0, 0.1) is 0 Å². The zero-order valence-corrected chi connectivity index (χ0v) is 11.7. The summed E-state index contributed by atoms with van der Waals surface area (Å²) in [5, 5.41) is 4.70. The lowest BCUT2D eigenvalue weighted by molar-refractivity contribution is 0.0950. The molecule has 0 aliphatic rings. The summed E-state index contributed by atoms with van der Waals surface area (Å²) >= 11 is 6.10. The molecule has 0 bridgehead atoms. The Balaban J connectivity index is 2.13. The van der Waals surface area contributed by atoms with Crippen molar-refractivity contribution in [2.45, 2.75) is 25.1 Å². The second-order valence-corrected chi connectivity index (χ2v) is 5.09. The van der Waals surface area contributed by atoms with E-state index < -0.39 is 0 Å². The number of hydrogen-bond donors (Lipinski definition) is 1. The van der Waals surface area contributed by atoms with E-state index in [0.717, 1.165) is 23.6 Å². The van der Waals surface area contributed by atoms with Gasteiger partial charge in [0, 0.05) is 18.1 Å². The lowest BCUT2D eigenvalue weighted by Crippen LogP contribution is -2.30. The topological polar surface area (TPSA) is 42.0 Å². The predicted octanol–water partition coefficient (Wildman–Crippen LogP) is 3.37. The first-order chi connectivity index (χ1) is 9.22. The molecule has 3 nitrogen and oxygen atoms in total. The number of benzene rings is 1. The number of halogens is 1. The van der Waals surface area contributed by atoms with E-state index in [1.807, 2.05) is 30.3 Å². The first kappa shape index (κ1) is 13.8. The number of pyridine rings is 1. The highest BCUT2D eigenvalue weighted by molar-refractivity contribution is 6.21. The van der Waals surface area contributed by atoms with Gasteiger partial charge in [-0.1, -0.05) is 37.6 Å². The molecule has 0 aliphatic carbocycles. The number of carbonyl (C=O) groups excluding carboxylic acids is 1. The maximum Gasteiger partial charge on any atom is 0.270 e. The minimum absolute atomic E-state index is 0.0241. The van der Waals surface area contributed by atoms with E-state index in [9.17, 15) is 4.79 Å². The van der Waals surface area contributed by atoms with Crippen LogP contribution < -0.4 is 5.32 Å². The number of fused-ring (bicyclic) bond motifs is 1. The molecule has 2 rings (SSSR count). The molecule has 1 amide bonds. The first-order valence-electron chi connectivity index (χ1n) is 6.48. The van der Waals surface area contributed by atoms with E-state index in [1.54, 1.807) is 6.20 Å². The predicted molar refractivity (Wildman–Crippen MR) is 78.6 cm³/mol. The number of aromatic nitrogens is 1. The molecular weight excluding hydrogens is 260 g/mol. The zero-order chi connectivity index (χ0) is 13.7. The van der Waals surface area contributed by atoms with Gasteiger partial charge in [0.2, 0.25) is 0 Å². The number of hydrogen-bond acceptors (Lipinski definition) is 2. The Kier molecular flexibility index (Phi) is 4.74. The molecule has 19 heavy (non-hydrogen) atoms. The summed E-state index contributed by atoms with van der Waals surface area (Å²) < 4.78 is 0. The molecule has 0 fully saturated rings. The highest BCUT2D eigenvalue weighted by Crippen LogP contribution is 2.16. The van der Waals surface area contributed by atoms with Gasteiger partial charge in [0.05, 0.1) is 5.38 Å². The third-order valence-electron chi connectivity index (χ3n) is 2.97. The Morgan fingerprint density at radius 1 is 1.37 bits per heavy atom. The quantitative estimate of drug-likeness (QED) is 0.851. The highest BCUT2D eigenvalue weighted by Gasteiger charge is 2.12. The third-order valence-corrected chi connectivity index (χ3v) is 3.35. The first-order valence-corrected chi connectivity index (χ1v) is 6.92. The van der Waals surface area contributed by atoms with E-state index in [0.29, 0.717) is 12.2 Å². The van der Waals surface area contributed by atoms with Crippen LogP contribution in [0.25, 0.3) is 10.8 Å². The second kappa shape index (κ2) is 6.53. The Labute approximate surface area is 118 Å². The second-order valence-electron chi connectivity index (χ2n) is 4.48. The van der Waals surface area contributed by atoms with Gasteiger partial charge < -0.3 is 5.32 Å². The molecule has 1 atom stereocenters. The van der Waals surface area contributed by atoms with Gasteiger partial charge in [-0.25, -0.2) is 0 Å². The molecule has 2 aromatic rings. The van der Waals surface area contributed by atoms with Crippen molar-refractivity contribution in [1.29, 1.82) is 0 Å². The van der Waals surface area contributed by atoms with Crippen molar-refractivity contribution >= 4 is 28.3 Å². The zero-order valence-electron chi connectivity index (χ0n) is 10.9. The van der Waals surface area contributed by atoms with Gasteiger partial charge in [-0.2, -0.15) is 0 Å². The Hall–Kier alpha value is -1.61. The molecular formula is C15H17ClN2O. The Morgan fingerprint density at radius 2 is 2.16 bits per heavy atom. The molecule has 0 saturated carbocycles. The standard InChI is InChI=1S/C15H17ClN2O/c1-2-5-12(16)10-18-15(19)14-13-7-4-3-6-11(13)8-9-17-14/h3-4,6-9,12H,2,5,10H2,1H3,(H,18,19). The fourth-order valence-electron chi connectivity index (χ4n) is 2.00. The summed E-state index contributed by atoms with van der Waals surface area (Å²) in [7, 11) is 0. The summed E-state index contributed by atoms with van der Waals surface area (Å²) in [4.78, 5) is 16.3. The van der Waals surface area contributed by atoms with Crippen LogP contribution in [0.1, 0.15) is 30.3 Å². The average Bonchev–Trinajstić information content (AvgIpc) is 2.44. The molecule has 4 heteroatoms. The van der Waals surface area contributed by atoms with Gasteiger partial charge in [-0.3, -0.25) is 9.78 Å². The molecule has 0 spiro atoms. The summed E-state index contributed by atoms with van der Waals surface area (Å²) in [5.74, 6) is -0.168. The molecule has 0 saturated heterocycles. The van der Waals surface area contributed by atoms with Crippen LogP contribution in [0.4, 0.5) is 0 Å². The van der Waals surface area contributed by atoms with Crippen LogP contribution in [-0.4, -0.2) is 22.8 Å². The lowest BCUT2D eigenvalue weighted by Gasteiger charge is -2.10. The van der Waals surface area contributed by atoms with Crippen LogP contribution in [0.15, 0.2) is 36.5 Å². The molecule has 1 aromatic heterocycles.